The Bertz CT molecular complexity index is 277. The van der Waals surface area contributed by atoms with E-state index in [-0.39, 0.29) is 5.92 Å². The molecular weight excluding hydrogens is 216 g/mol. The van der Waals surface area contributed by atoms with Crippen molar-refractivity contribution < 1.29 is 9.90 Å². The van der Waals surface area contributed by atoms with E-state index in [4.69, 9.17) is 0 Å². The van der Waals surface area contributed by atoms with Gasteiger partial charge in [-0.1, -0.05) is 0 Å². The summed E-state index contributed by atoms with van der Waals surface area (Å²) in [6, 6.07) is 0.787. The third-order valence-corrected chi connectivity index (χ3v) is 3.95. The number of aliphatic carboxylic acids is 1. The van der Waals surface area contributed by atoms with Gasteiger partial charge in [0.2, 0.25) is 0 Å². The molecule has 2 atom stereocenters. The standard InChI is InChI=1S/C13H24N2O2/c1-9(2)15-7-11(13(16)17)5-12(8-15)14-6-10-3-4-10/h9-12,14H,3-8H2,1-2H3,(H,16,17). The van der Waals surface area contributed by atoms with Crippen molar-refractivity contribution in [3.05, 3.63) is 0 Å². The van der Waals surface area contributed by atoms with Crippen LogP contribution < -0.4 is 5.32 Å². The summed E-state index contributed by atoms with van der Waals surface area (Å²) < 4.78 is 0. The molecule has 1 saturated heterocycles. The van der Waals surface area contributed by atoms with Gasteiger partial charge in [-0.25, -0.2) is 0 Å². The number of piperidine rings is 1. The van der Waals surface area contributed by atoms with Crippen molar-refractivity contribution >= 4 is 5.97 Å². The van der Waals surface area contributed by atoms with Crippen molar-refractivity contribution in [3.63, 3.8) is 0 Å². The van der Waals surface area contributed by atoms with Crippen molar-refractivity contribution in [2.24, 2.45) is 11.8 Å². The highest BCUT2D eigenvalue weighted by Crippen LogP contribution is 2.28. The average molecular weight is 240 g/mol. The summed E-state index contributed by atoms with van der Waals surface area (Å²) in [4.78, 5) is 13.4. The Balaban J connectivity index is 1.87. The van der Waals surface area contributed by atoms with Gasteiger partial charge in [-0.3, -0.25) is 9.69 Å². The molecule has 0 radical (unpaired) electrons. The van der Waals surface area contributed by atoms with Gasteiger partial charge in [0, 0.05) is 25.2 Å². The molecule has 2 fully saturated rings. The molecule has 0 bridgehead atoms. The monoisotopic (exact) mass is 240 g/mol. The Morgan fingerprint density at radius 3 is 2.65 bits per heavy atom. The quantitative estimate of drug-likeness (QED) is 0.757. The zero-order valence-electron chi connectivity index (χ0n) is 10.9. The van der Waals surface area contributed by atoms with Gasteiger partial charge >= 0.3 is 5.97 Å². The highest BCUT2D eigenvalue weighted by Gasteiger charge is 2.33. The third kappa shape index (κ3) is 3.68. The Morgan fingerprint density at radius 1 is 1.41 bits per heavy atom. The molecule has 1 saturated carbocycles. The predicted octanol–water partition coefficient (Wildman–Crippen LogP) is 1.17. The highest BCUT2D eigenvalue weighted by molar-refractivity contribution is 5.70. The summed E-state index contributed by atoms with van der Waals surface area (Å²) in [5.74, 6) is 0.00382. The van der Waals surface area contributed by atoms with E-state index in [2.05, 4.69) is 24.1 Å². The topological polar surface area (TPSA) is 52.6 Å². The molecule has 0 aromatic heterocycles. The van der Waals surface area contributed by atoms with Gasteiger partial charge in [0.05, 0.1) is 5.92 Å². The molecule has 0 aromatic rings. The minimum absolute atomic E-state index is 0.206. The number of likely N-dealkylation sites (tertiary alicyclic amines) is 1. The van der Waals surface area contributed by atoms with E-state index in [0.29, 0.717) is 18.6 Å². The van der Waals surface area contributed by atoms with E-state index in [1.807, 2.05) is 0 Å². The van der Waals surface area contributed by atoms with Crippen LogP contribution in [0.25, 0.3) is 0 Å². The number of hydrogen-bond acceptors (Lipinski definition) is 3. The van der Waals surface area contributed by atoms with Crippen LogP contribution in [0.4, 0.5) is 0 Å². The summed E-state index contributed by atoms with van der Waals surface area (Å²) in [6.45, 7) is 7.05. The van der Waals surface area contributed by atoms with Gasteiger partial charge in [0.25, 0.3) is 0 Å². The SMILES string of the molecule is CC(C)N1CC(NCC2CC2)CC(C(=O)O)C1. The zero-order valence-corrected chi connectivity index (χ0v) is 10.9. The van der Waals surface area contributed by atoms with Crippen molar-refractivity contribution in [2.75, 3.05) is 19.6 Å². The first-order valence-electron chi connectivity index (χ1n) is 6.76. The van der Waals surface area contributed by atoms with Crippen molar-refractivity contribution in [3.8, 4) is 0 Å². The summed E-state index contributed by atoms with van der Waals surface area (Å²) in [6.07, 6.45) is 3.47. The molecule has 1 heterocycles. The molecular formula is C13H24N2O2. The lowest BCUT2D eigenvalue weighted by Crippen LogP contribution is -2.53. The molecule has 4 heteroatoms. The number of rotatable bonds is 5. The van der Waals surface area contributed by atoms with Gasteiger partial charge in [-0.15, -0.1) is 0 Å². The molecule has 0 spiro atoms. The number of nitrogens with one attached hydrogen (secondary N) is 1. The van der Waals surface area contributed by atoms with Gasteiger partial charge in [-0.05, 0) is 45.6 Å². The normalized spacial score (nSPS) is 30.8. The minimum atomic E-state index is -0.645. The molecule has 0 aromatic carbocycles. The maximum absolute atomic E-state index is 11.2. The first kappa shape index (κ1) is 12.8. The number of nitrogens with zero attached hydrogens (tertiary/aromatic N) is 1. The van der Waals surface area contributed by atoms with E-state index < -0.39 is 5.97 Å². The molecule has 2 unspecified atom stereocenters. The van der Waals surface area contributed by atoms with E-state index >= 15 is 0 Å². The molecule has 1 aliphatic carbocycles. The lowest BCUT2D eigenvalue weighted by molar-refractivity contribution is -0.144. The second-order valence-corrected chi connectivity index (χ2v) is 5.87. The molecule has 2 aliphatic rings. The lowest BCUT2D eigenvalue weighted by Gasteiger charge is -2.39. The van der Waals surface area contributed by atoms with Gasteiger partial charge < -0.3 is 10.4 Å². The van der Waals surface area contributed by atoms with Gasteiger partial charge in [-0.2, -0.15) is 0 Å². The molecule has 17 heavy (non-hydrogen) atoms. The Labute approximate surface area is 103 Å². The van der Waals surface area contributed by atoms with E-state index in [9.17, 15) is 9.90 Å². The zero-order chi connectivity index (χ0) is 12.4. The fourth-order valence-electron chi connectivity index (χ4n) is 2.54. The van der Waals surface area contributed by atoms with E-state index in [1.165, 1.54) is 12.8 Å². The first-order valence-corrected chi connectivity index (χ1v) is 6.76. The summed E-state index contributed by atoms with van der Waals surface area (Å²) in [5, 5.41) is 12.7. The lowest BCUT2D eigenvalue weighted by atomic mass is 9.93. The average Bonchev–Trinajstić information content (AvgIpc) is 3.09. The number of carbonyl (C=O) groups is 1. The van der Waals surface area contributed by atoms with Crippen LogP contribution in [0.15, 0.2) is 0 Å². The van der Waals surface area contributed by atoms with Gasteiger partial charge in [0.1, 0.15) is 0 Å². The van der Waals surface area contributed by atoms with Crippen LogP contribution in [-0.4, -0.2) is 47.7 Å². The highest BCUT2D eigenvalue weighted by atomic mass is 16.4. The molecule has 98 valence electrons. The Kier molecular flexibility index (Phi) is 4.05. The maximum Gasteiger partial charge on any atom is 0.307 e. The number of carboxylic acid groups (broad SMARTS) is 1. The van der Waals surface area contributed by atoms with Crippen molar-refractivity contribution in [2.45, 2.75) is 45.2 Å². The van der Waals surface area contributed by atoms with Crippen LogP contribution in [-0.2, 0) is 4.79 Å². The second kappa shape index (κ2) is 5.36. The fraction of sp³-hybridized carbons (Fsp3) is 0.923. The number of hydrogen-bond donors (Lipinski definition) is 2. The molecule has 0 amide bonds. The Hall–Kier alpha value is -0.610. The van der Waals surface area contributed by atoms with E-state index in [1.54, 1.807) is 0 Å². The summed E-state index contributed by atoms with van der Waals surface area (Å²) in [5.41, 5.74) is 0. The largest absolute Gasteiger partial charge is 0.481 e. The number of carboxylic acids is 1. The fourth-order valence-corrected chi connectivity index (χ4v) is 2.54. The molecule has 1 aliphatic heterocycles. The van der Waals surface area contributed by atoms with Crippen LogP contribution in [0, 0.1) is 11.8 Å². The summed E-state index contributed by atoms with van der Waals surface area (Å²) in [7, 11) is 0. The molecule has 2 N–H and O–H groups in total. The van der Waals surface area contributed by atoms with Crippen molar-refractivity contribution in [1.82, 2.24) is 10.2 Å². The summed E-state index contributed by atoms with van der Waals surface area (Å²) >= 11 is 0. The third-order valence-electron chi connectivity index (χ3n) is 3.95. The first-order chi connectivity index (χ1) is 8.06. The predicted molar refractivity (Wildman–Crippen MR) is 67.0 cm³/mol. The van der Waals surface area contributed by atoms with E-state index in [0.717, 1.165) is 25.4 Å². The minimum Gasteiger partial charge on any atom is -0.481 e. The van der Waals surface area contributed by atoms with Crippen LogP contribution in [0.1, 0.15) is 33.1 Å². The maximum atomic E-state index is 11.2. The molecule has 4 nitrogen and oxygen atoms in total. The smallest absolute Gasteiger partial charge is 0.307 e. The van der Waals surface area contributed by atoms with Crippen molar-refractivity contribution in [1.29, 1.82) is 0 Å². The van der Waals surface area contributed by atoms with Crippen LogP contribution >= 0.6 is 0 Å². The second-order valence-electron chi connectivity index (χ2n) is 5.87. The van der Waals surface area contributed by atoms with Crippen LogP contribution in [0.5, 0.6) is 0 Å². The van der Waals surface area contributed by atoms with Crippen LogP contribution in [0.3, 0.4) is 0 Å². The van der Waals surface area contributed by atoms with Gasteiger partial charge in [0.15, 0.2) is 0 Å². The Morgan fingerprint density at radius 2 is 2.12 bits per heavy atom. The molecule has 2 rings (SSSR count). The van der Waals surface area contributed by atoms with Crippen LogP contribution in [0.2, 0.25) is 0 Å².